The minimum Gasteiger partial charge on any atom is -0.458 e. The van der Waals surface area contributed by atoms with Gasteiger partial charge in [-0.25, -0.2) is 9.59 Å². The van der Waals surface area contributed by atoms with Crippen molar-refractivity contribution in [2.75, 3.05) is 6.61 Å². The third-order valence-electron chi connectivity index (χ3n) is 9.87. The first-order valence-corrected chi connectivity index (χ1v) is 17.7. The third kappa shape index (κ3) is 16.5. The Kier molecular flexibility index (Phi) is 21.2. The zero-order valence-corrected chi connectivity index (χ0v) is 31.4. The lowest BCUT2D eigenvalue weighted by molar-refractivity contribution is -0.197. The highest BCUT2D eigenvalue weighted by atomic mass is 16.7. The maximum atomic E-state index is 11.7. The number of ketones is 1. The lowest BCUT2D eigenvalue weighted by Crippen LogP contribution is -2.32. The molecule has 0 saturated carbocycles. The molecular formula is C36H60N2O11. The number of imide groups is 2. The van der Waals surface area contributed by atoms with Crippen molar-refractivity contribution in [1.29, 1.82) is 0 Å². The van der Waals surface area contributed by atoms with Crippen LogP contribution < -0.4 is 0 Å². The molecule has 13 nitrogen and oxygen atoms in total. The fourth-order valence-corrected chi connectivity index (χ4v) is 5.08. The molecule has 0 aliphatic carbocycles. The van der Waals surface area contributed by atoms with Gasteiger partial charge in [-0.05, 0) is 29.1 Å². The zero-order valence-electron chi connectivity index (χ0n) is 31.4. The highest BCUT2D eigenvalue weighted by molar-refractivity contribution is 6.02. The first-order chi connectivity index (χ1) is 22.9. The van der Waals surface area contributed by atoms with Gasteiger partial charge in [0.2, 0.25) is 0 Å². The van der Waals surface area contributed by atoms with E-state index in [4.69, 9.17) is 0 Å². The summed E-state index contributed by atoms with van der Waals surface area (Å²) in [6.07, 6.45) is 3.42. The number of carbonyl (C=O) groups is 8. The van der Waals surface area contributed by atoms with E-state index in [1.165, 1.54) is 25.7 Å². The first kappa shape index (κ1) is 45.4. The molecule has 280 valence electrons. The summed E-state index contributed by atoms with van der Waals surface area (Å²) >= 11 is 0. The van der Waals surface area contributed by atoms with Crippen LogP contribution in [0.5, 0.6) is 0 Å². The quantitative estimate of drug-likeness (QED) is 0.128. The van der Waals surface area contributed by atoms with E-state index in [2.05, 4.69) is 83.6 Å². The van der Waals surface area contributed by atoms with Crippen molar-refractivity contribution < 1.29 is 52.8 Å². The van der Waals surface area contributed by atoms with E-state index in [1.807, 2.05) is 0 Å². The number of hydrogen-bond donors (Lipinski definition) is 0. The van der Waals surface area contributed by atoms with E-state index in [0.717, 1.165) is 23.7 Å². The number of rotatable bonds is 17. The Labute approximate surface area is 292 Å². The maximum Gasteiger partial charge on any atom is 0.333 e. The Bertz CT molecular complexity index is 1020. The lowest BCUT2D eigenvalue weighted by Gasteiger charge is -2.28. The van der Waals surface area contributed by atoms with Gasteiger partial charge in [-0.3, -0.25) is 28.8 Å². The second-order valence-corrected chi connectivity index (χ2v) is 13.4. The van der Waals surface area contributed by atoms with Gasteiger partial charge in [-0.15, -0.1) is 10.1 Å². The number of amides is 4. The molecule has 2 aliphatic rings. The minimum absolute atomic E-state index is 0.0564. The molecule has 2 unspecified atom stereocenters. The Balaban J connectivity index is 0.000000990. The van der Waals surface area contributed by atoms with E-state index in [1.54, 1.807) is 0 Å². The average molecular weight is 697 g/mol. The minimum atomic E-state index is -0.990. The van der Waals surface area contributed by atoms with E-state index >= 15 is 0 Å². The standard InChI is InChI=1S/C17H18N2O11.C10H22.C9H20/c20-10(1-6-16(26)29-18-11(21)2-3-12(18)22)9-28-15(25)7-8-17(27)30-19-13(23)4-5-14(19)24;1-7(2)9(5)10(6)8(3)4;1-5-9(6-2,7-3)8-4/h1-9H2;7-10H,1-6H3;5-8H2,1-4H3. The summed E-state index contributed by atoms with van der Waals surface area (Å²) in [5.74, 6) is -2.71. The molecule has 2 atom stereocenters. The van der Waals surface area contributed by atoms with Crippen molar-refractivity contribution in [1.82, 2.24) is 10.1 Å². The SMILES string of the molecule is CC(C)C(C)C(C)C(C)C.CCC(CC)(CC)CC.O=C(CCC(=O)ON1C(=O)CCC1=O)COC(=O)CCC(=O)ON1C(=O)CCC1=O. The number of hydrogen-bond acceptors (Lipinski definition) is 11. The van der Waals surface area contributed by atoms with E-state index < -0.39 is 73.2 Å². The van der Waals surface area contributed by atoms with E-state index in [0.29, 0.717) is 15.5 Å². The van der Waals surface area contributed by atoms with Crippen LogP contribution in [0.3, 0.4) is 0 Å². The molecule has 0 bridgehead atoms. The lowest BCUT2D eigenvalue weighted by atomic mass is 9.78. The molecule has 0 aromatic rings. The van der Waals surface area contributed by atoms with Crippen molar-refractivity contribution in [2.45, 2.75) is 146 Å². The summed E-state index contributed by atoms with van der Waals surface area (Å²) in [5, 5.41) is 0.703. The molecule has 0 aromatic heterocycles. The number of ether oxygens (including phenoxy) is 1. The summed E-state index contributed by atoms with van der Waals surface area (Å²) < 4.78 is 4.65. The van der Waals surface area contributed by atoms with Gasteiger partial charge in [0.25, 0.3) is 23.6 Å². The molecule has 13 heteroatoms. The number of Topliss-reactive ketones (excluding diaryl/α,β-unsaturated/α-hetero) is 1. The van der Waals surface area contributed by atoms with Gasteiger partial charge in [0.1, 0.15) is 6.61 Å². The Morgan fingerprint density at radius 3 is 1.14 bits per heavy atom. The highest BCUT2D eigenvalue weighted by Gasteiger charge is 2.34. The number of nitrogens with zero attached hydrogens (tertiary/aromatic N) is 2. The Morgan fingerprint density at radius 2 is 0.857 bits per heavy atom. The van der Waals surface area contributed by atoms with Gasteiger partial charge in [0.05, 0.1) is 19.3 Å². The van der Waals surface area contributed by atoms with Crippen LogP contribution in [0.2, 0.25) is 0 Å². The van der Waals surface area contributed by atoms with Gasteiger partial charge in [-0.2, -0.15) is 0 Å². The van der Waals surface area contributed by atoms with Crippen molar-refractivity contribution in [2.24, 2.45) is 29.1 Å². The summed E-state index contributed by atoms with van der Waals surface area (Å²) in [4.78, 5) is 101. The van der Waals surface area contributed by atoms with Crippen LogP contribution in [0.4, 0.5) is 0 Å². The predicted octanol–water partition coefficient (Wildman–Crippen LogP) is 6.06. The molecule has 2 rings (SSSR count). The monoisotopic (exact) mass is 696 g/mol. The summed E-state index contributed by atoms with van der Waals surface area (Å²) in [5.41, 5.74) is 0.667. The molecule has 0 aromatic carbocycles. The third-order valence-corrected chi connectivity index (χ3v) is 9.87. The molecule has 4 amide bonds. The summed E-state index contributed by atoms with van der Waals surface area (Å²) in [6.45, 7) is 22.5. The molecule has 2 heterocycles. The van der Waals surface area contributed by atoms with E-state index in [9.17, 15) is 38.4 Å². The second-order valence-electron chi connectivity index (χ2n) is 13.4. The van der Waals surface area contributed by atoms with Gasteiger partial charge in [0.15, 0.2) is 5.78 Å². The van der Waals surface area contributed by atoms with Gasteiger partial charge < -0.3 is 14.4 Å². The molecule has 0 radical (unpaired) electrons. The van der Waals surface area contributed by atoms with Gasteiger partial charge in [0, 0.05) is 32.1 Å². The number of carbonyl (C=O) groups excluding carboxylic acids is 8. The van der Waals surface area contributed by atoms with Crippen molar-refractivity contribution in [3.05, 3.63) is 0 Å². The fourth-order valence-electron chi connectivity index (χ4n) is 5.08. The van der Waals surface area contributed by atoms with E-state index in [-0.39, 0.29) is 32.1 Å². The molecule has 2 saturated heterocycles. The normalized spacial score (nSPS) is 15.8. The Morgan fingerprint density at radius 1 is 0.551 bits per heavy atom. The van der Waals surface area contributed by atoms with Crippen molar-refractivity contribution in [3.8, 4) is 0 Å². The van der Waals surface area contributed by atoms with Gasteiger partial charge >= 0.3 is 17.9 Å². The van der Waals surface area contributed by atoms with Crippen LogP contribution >= 0.6 is 0 Å². The van der Waals surface area contributed by atoms with Crippen LogP contribution in [-0.4, -0.2) is 64.1 Å². The van der Waals surface area contributed by atoms with Crippen LogP contribution in [-0.2, 0) is 52.8 Å². The van der Waals surface area contributed by atoms with Crippen molar-refractivity contribution >= 4 is 47.3 Å². The number of esters is 1. The van der Waals surface area contributed by atoms with Crippen LogP contribution in [0.15, 0.2) is 0 Å². The second kappa shape index (κ2) is 22.9. The molecule has 2 fully saturated rings. The summed E-state index contributed by atoms with van der Waals surface area (Å²) in [7, 11) is 0. The average Bonchev–Trinajstić information content (AvgIpc) is 3.56. The fraction of sp³-hybridized carbons (Fsp3) is 0.778. The topological polar surface area (TPSA) is 171 Å². The largest absolute Gasteiger partial charge is 0.458 e. The number of hydroxylamine groups is 4. The molecule has 0 spiro atoms. The molecule has 0 N–H and O–H groups in total. The summed E-state index contributed by atoms with van der Waals surface area (Å²) in [6, 6.07) is 0. The van der Waals surface area contributed by atoms with Crippen LogP contribution in [0, 0.1) is 29.1 Å². The predicted molar refractivity (Wildman–Crippen MR) is 180 cm³/mol. The first-order valence-electron chi connectivity index (χ1n) is 17.7. The van der Waals surface area contributed by atoms with Crippen molar-refractivity contribution in [3.63, 3.8) is 0 Å². The molecule has 2 aliphatic heterocycles. The molecule has 49 heavy (non-hydrogen) atoms. The van der Waals surface area contributed by atoms with Gasteiger partial charge in [-0.1, -0.05) is 94.9 Å². The maximum absolute atomic E-state index is 11.7. The van der Waals surface area contributed by atoms with Crippen LogP contribution in [0.25, 0.3) is 0 Å². The molecular weight excluding hydrogens is 636 g/mol. The Hall–Kier alpha value is -3.64. The smallest absolute Gasteiger partial charge is 0.333 e. The highest BCUT2D eigenvalue weighted by Crippen LogP contribution is 2.33. The van der Waals surface area contributed by atoms with Crippen LogP contribution in [0.1, 0.15) is 146 Å². The zero-order chi connectivity index (χ0) is 37.9.